The van der Waals surface area contributed by atoms with Crippen LogP contribution in [0.3, 0.4) is 0 Å². The van der Waals surface area contributed by atoms with Gasteiger partial charge in [-0.25, -0.2) is 0 Å². The molecule has 4 heteroatoms. The van der Waals surface area contributed by atoms with Crippen molar-refractivity contribution in [1.82, 2.24) is 5.06 Å². The van der Waals surface area contributed by atoms with Crippen LogP contribution < -0.4 is 0 Å². The largest absolute Gasteiger partial charge is 0.785 e. The molecule has 0 amide bonds. The molecule has 1 unspecified atom stereocenters. The van der Waals surface area contributed by atoms with Gasteiger partial charge in [0.2, 0.25) is 0 Å². The van der Waals surface area contributed by atoms with Crippen LogP contribution in [-0.4, -0.2) is 23.6 Å². The minimum atomic E-state index is -0.575. The molecule has 1 aromatic rings. The number of benzene rings is 1. The lowest BCUT2D eigenvalue weighted by Gasteiger charge is -2.44. The average molecular weight is 206 g/mol. The Kier molecular flexibility index (Phi) is 2.99. The Balaban J connectivity index is 1.81. The molecule has 80 valence electrons. The molecule has 0 aromatic heterocycles. The molecule has 0 bridgehead atoms. The van der Waals surface area contributed by atoms with E-state index >= 15 is 0 Å². The monoisotopic (exact) mass is 206 g/mol. The minimum Gasteiger partial charge on any atom is -0.785 e. The van der Waals surface area contributed by atoms with E-state index in [4.69, 9.17) is 4.74 Å². The van der Waals surface area contributed by atoms with Crippen molar-refractivity contribution in [1.29, 1.82) is 0 Å². The van der Waals surface area contributed by atoms with E-state index in [0.717, 1.165) is 10.6 Å². The topological polar surface area (TPSA) is 52.6 Å². The Bertz CT molecular complexity index is 339. The van der Waals surface area contributed by atoms with Gasteiger partial charge in [-0.1, -0.05) is 30.3 Å². The lowest BCUT2D eigenvalue weighted by Crippen LogP contribution is -2.49. The molecule has 1 aliphatic heterocycles. The standard InChI is InChI=1S/C11H12NO3/c13-11(10-6-7-12(10)14)15-8-9-4-2-1-3-5-9/h1-5,10H,6-8H2/q-1. The molecule has 1 saturated heterocycles. The highest BCUT2D eigenvalue weighted by atomic mass is 16.6. The predicted octanol–water partition coefficient (Wildman–Crippen LogP) is 1.30. The van der Waals surface area contributed by atoms with Gasteiger partial charge in [-0.2, -0.15) is 0 Å². The highest BCUT2D eigenvalue weighted by Crippen LogP contribution is 2.17. The number of rotatable bonds is 3. The van der Waals surface area contributed by atoms with Gasteiger partial charge in [0.15, 0.2) is 0 Å². The van der Waals surface area contributed by atoms with Gasteiger partial charge in [-0.3, -0.25) is 4.79 Å². The summed E-state index contributed by atoms with van der Waals surface area (Å²) in [5.41, 5.74) is 0.933. The third kappa shape index (κ3) is 2.34. The molecule has 2 rings (SSSR count). The normalized spacial score (nSPS) is 20.7. The van der Waals surface area contributed by atoms with E-state index in [1.165, 1.54) is 0 Å². The molecule has 1 aliphatic rings. The summed E-state index contributed by atoms with van der Waals surface area (Å²) in [7, 11) is 0. The first kappa shape index (κ1) is 10.1. The Morgan fingerprint density at radius 2 is 2.20 bits per heavy atom. The third-order valence-electron chi connectivity index (χ3n) is 2.47. The maximum Gasteiger partial charge on any atom is 0.322 e. The molecule has 0 saturated carbocycles. The van der Waals surface area contributed by atoms with Crippen molar-refractivity contribution in [3.63, 3.8) is 0 Å². The highest BCUT2D eigenvalue weighted by molar-refractivity contribution is 5.76. The number of hydrogen-bond donors (Lipinski definition) is 0. The van der Waals surface area contributed by atoms with Crippen LogP contribution in [0, 0.1) is 5.21 Å². The zero-order chi connectivity index (χ0) is 10.7. The summed E-state index contributed by atoms with van der Waals surface area (Å²) in [5, 5.41) is 11.7. The van der Waals surface area contributed by atoms with Gasteiger partial charge in [-0.15, -0.1) is 0 Å². The second-order valence-corrected chi connectivity index (χ2v) is 3.54. The smallest absolute Gasteiger partial charge is 0.322 e. The van der Waals surface area contributed by atoms with Gasteiger partial charge in [-0.05, 0) is 18.5 Å². The molecule has 0 radical (unpaired) electrons. The van der Waals surface area contributed by atoms with Gasteiger partial charge < -0.3 is 15.0 Å². The molecule has 0 spiro atoms. The molecule has 15 heavy (non-hydrogen) atoms. The summed E-state index contributed by atoms with van der Waals surface area (Å²) in [6.07, 6.45) is 0.608. The van der Waals surface area contributed by atoms with E-state index in [1.54, 1.807) is 0 Å². The van der Waals surface area contributed by atoms with Gasteiger partial charge in [0.25, 0.3) is 0 Å². The Hall–Kier alpha value is -1.39. The Morgan fingerprint density at radius 1 is 1.47 bits per heavy atom. The lowest BCUT2D eigenvalue weighted by molar-refractivity contribution is -0.154. The fraction of sp³-hybridized carbons (Fsp3) is 0.364. The summed E-state index contributed by atoms with van der Waals surface area (Å²) < 4.78 is 5.02. The van der Waals surface area contributed by atoms with Crippen LogP contribution >= 0.6 is 0 Å². The summed E-state index contributed by atoms with van der Waals surface area (Å²) in [4.78, 5) is 11.3. The maximum absolute atomic E-state index is 11.3. The first-order valence-corrected chi connectivity index (χ1v) is 4.92. The molecule has 1 heterocycles. The van der Waals surface area contributed by atoms with Crippen molar-refractivity contribution >= 4 is 5.97 Å². The molecule has 1 aromatic carbocycles. The minimum absolute atomic E-state index is 0.240. The van der Waals surface area contributed by atoms with Crippen LogP contribution in [0.25, 0.3) is 0 Å². The predicted molar refractivity (Wildman–Crippen MR) is 54.7 cm³/mol. The maximum atomic E-state index is 11.3. The number of hydroxylamine groups is 2. The molecule has 0 N–H and O–H groups in total. The van der Waals surface area contributed by atoms with Crippen LogP contribution in [0.1, 0.15) is 12.0 Å². The van der Waals surface area contributed by atoms with Gasteiger partial charge >= 0.3 is 5.97 Å². The van der Waals surface area contributed by atoms with E-state index in [1.807, 2.05) is 30.3 Å². The van der Waals surface area contributed by atoms with Gasteiger partial charge in [0.1, 0.15) is 6.61 Å². The fourth-order valence-corrected chi connectivity index (χ4v) is 1.42. The highest BCUT2D eigenvalue weighted by Gasteiger charge is 2.28. The van der Waals surface area contributed by atoms with E-state index < -0.39 is 12.0 Å². The Morgan fingerprint density at radius 3 is 2.73 bits per heavy atom. The quantitative estimate of drug-likeness (QED) is 0.699. The zero-order valence-electron chi connectivity index (χ0n) is 8.26. The summed E-state index contributed by atoms with van der Waals surface area (Å²) >= 11 is 0. The van der Waals surface area contributed by atoms with E-state index in [-0.39, 0.29) is 6.61 Å². The number of ether oxygens (including phenoxy) is 1. The van der Waals surface area contributed by atoms with Crippen LogP contribution in [-0.2, 0) is 16.1 Å². The Labute approximate surface area is 88.0 Å². The number of carbonyl (C=O) groups is 1. The van der Waals surface area contributed by atoms with Crippen molar-refractivity contribution in [2.75, 3.05) is 6.54 Å². The molecular formula is C11H12NO3-. The molecule has 1 atom stereocenters. The molecule has 4 nitrogen and oxygen atoms in total. The summed E-state index contributed by atoms with van der Waals surface area (Å²) in [6, 6.07) is 8.84. The first-order valence-electron chi connectivity index (χ1n) is 4.92. The number of esters is 1. The number of nitrogens with zero attached hydrogens (tertiary/aromatic N) is 1. The second-order valence-electron chi connectivity index (χ2n) is 3.54. The zero-order valence-corrected chi connectivity index (χ0v) is 8.26. The van der Waals surface area contributed by atoms with E-state index in [2.05, 4.69) is 0 Å². The van der Waals surface area contributed by atoms with Crippen molar-refractivity contribution in [3.05, 3.63) is 41.1 Å². The van der Waals surface area contributed by atoms with Crippen LogP contribution in [0.5, 0.6) is 0 Å². The lowest BCUT2D eigenvalue weighted by atomic mass is 10.1. The van der Waals surface area contributed by atoms with Crippen LogP contribution in [0.15, 0.2) is 30.3 Å². The van der Waals surface area contributed by atoms with Gasteiger partial charge in [0, 0.05) is 0 Å². The number of carbonyl (C=O) groups excluding carboxylic acids is 1. The molecule has 1 fully saturated rings. The fourth-order valence-electron chi connectivity index (χ4n) is 1.42. The number of hydrogen-bond acceptors (Lipinski definition) is 4. The van der Waals surface area contributed by atoms with Crippen LogP contribution in [0.4, 0.5) is 0 Å². The SMILES string of the molecule is O=C(OCc1ccccc1)C1CCN1[O-]. The summed E-state index contributed by atoms with van der Waals surface area (Å²) in [5.74, 6) is -0.417. The summed E-state index contributed by atoms with van der Waals surface area (Å²) in [6.45, 7) is 0.676. The van der Waals surface area contributed by atoms with Crippen molar-refractivity contribution in [2.24, 2.45) is 0 Å². The van der Waals surface area contributed by atoms with Crippen molar-refractivity contribution in [3.8, 4) is 0 Å². The van der Waals surface area contributed by atoms with Crippen LogP contribution in [0.2, 0.25) is 0 Å². The van der Waals surface area contributed by atoms with E-state index in [9.17, 15) is 10.0 Å². The average Bonchev–Trinajstić information content (AvgIpc) is 2.26. The first-order chi connectivity index (χ1) is 7.27. The third-order valence-corrected chi connectivity index (χ3v) is 2.47. The molecular weight excluding hydrogens is 194 g/mol. The van der Waals surface area contributed by atoms with E-state index in [0.29, 0.717) is 13.0 Å². The van der Waals surface area contributed by atoms with Crippen molar-refractivity contribution < 1.29 is 9.53 Å². The van der Waals surface area contributed by atoms with Gasteiger partial charge in [0.05, 0.1) is 6.04 Å². The molecule has 0 aliphatic carbocycles. The second kappa shape index (κ2) is 4.42. The van der Waals surface area contributed by atoms with Crippen molar-refractivity contribution in [2.45, 2.75) is 19.1 Å².